The van der Waals surface area contributed by atoms with E-state index in [1.807, 2.05) is 0 Å². The smallest absolute Gasteiger partial charge is 0.338 e. The Morgan fingerprint density at radius 1 is 1.41 bits per heavy atom. The monoisotopic (exact) mass is 328 g/mol. The van der Waals surface area contributed by atoms with Crippen molar-refractivity contribution in [1.82, 2.24) is 0 Å². The van der Waals surface area contributed by atoms with Gasteiger partial charge in [-0.2, -0.15) is 0 Å². The number of aliphatic carboxylic acids is 1. The average molecular weight is 328 g/mol. The maximum atomic E-state index is 12.1. The number of hydrogen-bond donors (Lipinski definition) is 2. The van der Waals surface area contributed by atoms with Crippen molar-refractivity contribution in [3.8, 4) is 0 Å². The highest BCUT2D eigenvalue weighted by molar-refractivity contribution is 7.52. The summed E-state index contributed by atoms with van der Waals surface area (Å²) in [7, 11) is -3.96. The molecule has 1 aliphatic heterocycles. The molecule has 2 rings (SSSR count). The van der Waals surface area contributed by atoms with Crippen LogP contribution in [0, 0.1) is 0 Å². The van der Waals surface area contributed by atoms with E-state index in [9.17, 15) is 19.4 Å². The molecular weight excluding hydrogens is 307 g/mol. The number of ether oxygens (including phenoxy) is 1. The first-order chi connectivity index (χ1) is 10.5. The Hall–Kier alpha value is -1.20. The standard InChI is InChI=1S/C15H21O6P/c16-15(17)14(12-6-2-1-3-7-12)21-22(18,19)11-5-9-13-8-4-10-20-13/h1-3,6-7,13-14H,4-5,8-11H2,(H,16,17)(H,18,19). The maximum Gasteiger partial charge on any atom is 0.338 e. The summed E-state index contributed by atoms with van der Waals surface area (Å²) in [6.07, 6.45) is 1.80. The third-order valence-electron chi connectivity index (χ3n) is 3.59. The molecule has 1 fully saturated rings. The third-order valence-corrected chi connectivity index (χ3v) is 5.01. The van der Waals surface area contributed by atoms with Gasteiger partial charge in [0.1, 0.15) is 0 Å². The Kier molecular flexibility index (Phi) is 6.15. The third kappa shape index (κ3) is 5.21. The molecule has 0 amide bonds. The average Bonchev–Trinajstić information content (AvgIpc) is 2.98. The minimum atomic E-state index is -3.96. The van der Waals surface area contributed by atoms with Crippen LogP contribution < -0.4 is 0 Å². The van der Waals surface area contributed by atoms with Crippen LogP contribution in [0.15, 0.2) is 30.3 Å². The molecule has 1 aliphatic rings. The topological polar surface area (TPSA) is 93.1 Å². The summed E-state index contributed by atoms with van der Waals surface area (Å²) in [6, 6.07) is 8.18. The number of carboxylic acid groups (broad SMARTS) is 1. The molecule has 1 heterocycles. The summed E-state index contributed by atoms with van der Waals surface area (Å²) < 4.78 is 22.6. The second-order valence-corrected chi connectivity index (χ2v) is 7.31. The molecule has 0 radical (unpaired) electrons. The summed E-state index contributed by atoms with van der Waals surface area (Å²) in [6.45, 7) is 0.743. The second-order valence-electron chi connectivity index (χ2n) is 5.37. The van der Waals surface area contributed by atoms with Gasteiger partial charge < -0.3 is 14.7 Å². The van der Waals surface area contributed by atoms with E-state index in [1.54, 1.807) is 30.3 Å². The maximum absolute atomic E-state index is 12.1. The van der Waals surface area contributed by atoms with Gasteiger partial charge in [-0.3, -0.25) is 9.09 Å². The molecule has 1 aromatic rings. The van der Waals surface area contributed by atoms with Crippen molar-refractivity contribution in [2.45, 2.75) is 37.9 Å². The fourth-order valence-electron chi connectivity index (χ4n) is 2.48. The Morgan fingerprint density at radius 3 is 2.73 bits per heavy atom. The molecule has 0 bridgehead atoms. The van der Waals surface area contributed by atoms with Gasteiger partial charge in [0.15, 0.2) is 6.10 Å². The summed E-state index contributed by atoms with van der Waals surface area (Å²) in [5.41, 5.74) is 0.350. The predicted molar refractivity (Wildman–Crippen MR) is 80.8 cm³/mol. The zero-order valence-corrected chi connectivity index (χ0v) is 13.2. The number of carbonyl (C=O) groups is 1. The van der Waals surface area contributed by atoms with Gasteiger partial charge in [0, 0.05) is 6.61 Å². The molecule has 6 nitrogen and oxygen atoms in total. The molecule has 3 unspecified atom stereocenters. The first kappa shape index (κ1) is 17.2. The fourth-order valence-corrected chi connectivity index (χ4v) is 3.71. The highest BCUT2D eigenvalue weighted by Crippen LogP contribution is 2.47. The minimum Gasteiger partial charge on any atom is -0.479 e. The highest BCUT2D eigenvalue weighted by atomic mass is 31.2. The molecule has 0 saturated carbocycles. The molecule has 0 spiro atoms. The van der Waals surface area contributed by atoms with E-state index >= 15 is 0 Å². The van der Waals surface area contributed by atoms with Crippen LogP contribution in [0.4, 0.5) is 0 Å². The molecule has 0 aliphatic carbocycles. The van der Waals surface area contributed by atoms with Crippen molar-refractivity contribution in [3.63, 3.8) is 0 Å². The molecule has 1 saturated heterocycles. The normalized spacial score (nSPS) is 22.1. The van der Waals surface area contributed by atoms with Gasteiger partial charge in [-0.1, -0.05) is 30.3 Å². The van der Waals surface area contributed by atoms with Crippen molar-refractivity contribution in [2.24, 2.45) is 0 Å². The van der Waals surface area contributed by atoms with E-state index in [4.69, 9.17) is 9.26 Å². The molecule has 22 heavy (non-hydrogen) atoms. The number of hydrogen-bond acceptors (Lipinski definition) is 4. The predicted octanol–water partition coefficient (Wildman–Crippen LogP) is 2.97. The largest absolute Gasteiger partial charge is 0.479 e. The van der Waals surface area contributed by atoms with Crippen LogP contribution in [-0.2, 0) is 18.6 Å². The summed E-state index contributed by atoms with van der Waals surface area (Å²) >= 11 is 0. The Labute approximate surface area is 129 Å². The lowest BCUT2D eigenvalue weighted by Crippen LogP contribution is -2.15. The molecule has 2 N–H and O–H groups in total. The van der Waals surface area contributed by atoms with Gasteiger partial charge in [0.2, 0.25) is 0 Å². The van der Waals surface area contributed by atoms with Gasteiger partial charge in [-0.25, -0.2) is 4.79 Å². The molecule has 1 aromatic carbocycles. The van der Waals surface area contributed by atoms with E-state index in [0.29, 0.717) is 18.4 Å². The zero-order chi connectivity index (χ0) is 16.0. The van der Waals surface area contributed by atoms with E-state index in [0.717, 1.165) is 19.4 Å². The highest BCUT2D eigenvalue weighted by Gasteiger charge is 2.31. The lowest BCUT2D eigenvalue weighted by atomic mass is 10.1. The van der Waals surface area contributed by atoms with Crippen molar-refractivity contribution < 1.29 is 28.6 Å². The van der Waals surface area contributed by atoms with Gasteiger partial charge >= 0.3 is 13.6 Å². The van der Waals surface area contributed by atoms with Crippen molar-refractivity contribution in [2.75, 3.05) is 12.8 Å². The lowest BCUT2D eigenvalue weighted by molar-refractivity contribution is -0.145. The van der Waals surface area contributed by atoms with E-state index in [2.05, 4.69) is 0 Å². The zero-order valence-electron chi connectivity index (χ0n) is 12.3. The summed E-state index contributed by atoms with van der Waals surface area (Å²) in [5.74, 6) is -1.28. The summed E-state index contributed by atoms with van der Waals surface area (Å²) in [5, 5.41) is 9.21. The van der Waals surface area contributed by atoms with E-state index in [1.165, 1.54) is 0 Å². The Balaban J connectivity index is 1.90. The van der Waals surface area contributed by atoms with Crippen molar-refractivity contribution >= 4 is 13.6 Å². The Morgan fingerprint density at radius 2 is 2.14 bits per heavy atom. The van der Waals surface area contributed by atoms with Gasteiger partial charge in [-0.15, -0.1) is 0 Å². The first-order valence-corrected chi connectivity index (χ1v) is 9.14. The van der Waals surface area contributed by atoms with Crippen LogP contribution in [0.25, 0.3) is 0 Å². The SMILES string of the molecule is O=C(O)C(OP(=O)(O)CCCC1CCCO1)c1ccccc1. The second kappa shape index (κ2) is 7.88. The fraction of sp³-hybridized carbons (Fsp3) is 0.533. The lowest BCUT2D eigenvalue weighted by Gasteiger charge is -2.19. The minimum absolute atomic E-state index is 0.0660. The van der Waals surface area contributed by atoms with Gasteiger partial charge in [-0.05, 0) is 31.2 Å². The van der Waals surface area contributed by atoms with Crippen molar-refractivity contribution in [1.29, 1.82) is 0 Å². The number of rotatable bonds is 8. The molecule has 3 atom stereocenters. The molecular formula is C15H21O6P. The van der Waals surface area contributed by atoms with Gasteiger partial charge in [0.05, 0.1) is 12.3 Å². The molecule has 0 aromatic heterocycles. The van der Waals surface area contributed by atoms with Crippen molar-refractivity contribution in [3.05, 3.63) is 35.9 Å². The van der Waals surface area contributed by atoms with Crippen LogP contribution in [-0.4, -0.2) is 34.8 Å². The van der Waals surface area contributed by atoms with Crippen LogP contribution in [0.1, 0.15) is 37.4 Å². The van der Waals surface area contributed by atoms with E-state index < -0.39 is 19.7 Å². The van der Waals surface area contributed by atoms with Crippen LogP contribution in [0.5, 0.6) is 0 Å². The quantitative estimate of drug-likeness (QED) is 0.713. The van der Waals surface area contributed by atoms with Gasteiger partial charge in [0.25, 0.3) is 0 Å². The molecule has 122 valence electrons. The number of carboxylic acids is 1. The van der Waals surface area contributed by atoms with E-state index in [-0.39, 0.29) is 12.3 Å². The van der Waals surface area contributed by atoms with Crippen LogP contribution in [0.3, 0.4) is 0 Å². The number of benzene rings is 1. The molecule has 7 heteroatoms. The van der Waals surface area contributed by atoms with Crippen LogP contribution >= 0.6 is 7.60 Å². The Bertz CT molecular complexity index is 526. The summed E-state index contributed by atoms with van der Waals surface area (Å²) in [4.78, 5) is 21.2. The first-order valence-electron chi connectivity index (χ1n) is 7.37. The van der Waals surface area contributed by atoms with Crippen LogP contribution in [0.2, 0.25) is 0 Å².